The zero-order chi connectivity index (χ0) is 11.3. The maximum atomic E-state index is 11.5. The third-order valence-electron chi connectivity index (χ3n) is 3.13. The average Bonchev–Trinajstić information content (AvgIpc) is 2.20. The number of nitrogens with two attached hydrogens (primary N) is 1. The molecule has 0 heterocycles. The Hall–Kier alpha value is -0.650. The van der Waals surface area contributed by atoms with E-state index in [1.165, 1.54) is 0 Å². The Kier molecular flexibility index (Phi) is 4.50. The summed E-state index contributed by atoms with van der Waals surface area (Å²) in [5.74, 6) is -0.0901. The van der Waals surface area contributed by atoms with E-state index in [2.05, 4.69) is 5.32 Å². The van der Waals surface area contributed by atoms with Crippen molar-refractivity contribution in [1.29, 1.82) is 0 Å². The van der Waals surface area contributed by atoms with Gasteiger partial charge in [-0.2, -0.15) is 0 Å². The highest BCUT2D eigenvalue weighted by Gasteiger charge is 2.37. The molecule has 5 N–H and O–H groups in total. The van der Waals surface area contributed by atoms with E-state index >= 15 is 0 Å². The monoisotopic (exact) mass is 216 g/mol. The first-order chi connectivity index (χ1) is 7.12. The van der Waals surface area contributed by atoms with Gasteiger partial charge in [-0.05, 0) is 24.8 Å². The minimum atomic E-state index is -0.871. The number of rotatable bonds is 6. The number of amides is 1. The van der Waals surface area contributed by atoms with Crippen molar-refractivity contribution in [3.8, 4) is 0 Å². The first kappa shape index (κ1) is 12.4. The fourth-order valence-corrected chi connectivity index (χ4v) is 1.83. The van der Waals surface area contributed by atoms with Gasteiger partial charge in [0.15, 0.2) is 0 Å². The van der Waals surface area contributed by atoms with Gasteiger partial charge in [-0.15, -0.1) is 0 Å². The minimum Gasteiger partial charge on any atom is -0.394 e. The van der Waals surface area contributed by atoms with E-state index < -0.39 is 6.10 Å². The van der Waals surface area contributed by atoms with Gasteiger partial charge in [0.05, 0.1) is 12.7 Å². The Labute approximate surface area is 89.7 Å². The number of nitrogens with one attached hydrogen (secondary N) is 1. The van der Waals surface area contributed by atoms with Crippen molar-refractivity contribution in [2.24, 2.45) is 11.1 Å². The van der Waals surface area contributed by atoms with Gasteiger partial charge in [-0.25, -0.2) is 0 Å². The van der Waals surface area contributed by atoms with Crippen molar-refractivity contribution in [1.82, 2.24) is 5.32 Å². The normalized spacial score (nSPS) is 20.5. The quantitative estimate of drug-likeness (QED) is 0.457. The maximum Gasteiger partial charge on any atom is 0.220 e. The van der Waals surface area contributed by atoms with Crippen LogP contribution in [0, 0.1) is 5.41 Å². The van der Waals surface area contributed by atoms with Crippen LogP contribution in [0.1, 0.15) is 25.7 Å². The van der Waals surface area contributed by atoms with Crippen LogP contribution >= 0.6 is 0 Å². The molecule has 0 bridgehead atoms. The molecular formula is C10H20N2O3. The molecule has 1 saturated carbocycles. The van der Waals surface area contributed by atoms with Crippen molar-refractivity contribution in [2.45, 2.75) is 31.8 Å². The molecule has 1 unspecified atom stereocenters. The lowest BCUT2D eigenvalue weighted by Gasteiger charge is -2.40. The van der Waals surface area contributed by atoms with E-state index in [0.717, 1.165) is 19.3 Å². The number of hydrogen-bond acceptors (Lipinski definition) is 4. The molecule has 1 aliphatic rings. The van der Waals surface area contributed by atoms with E-state index in [9.17, 15) is 4.79 Å². The standard InChI is InChI=1S/C10H20N2O3/c11-7-10(2-1-3-10)4-9(15)12-5-8(14)6-13/h8,13-14H,1-7,11H2,(H,12,15). The van der Waals surface area contributed by atoms with Gasteiger partial charge in [-0.1, -0.05) is 6.42 Å². The molecule has 0 aliphatic heterocycles. The van der Waals surface area contributed by atoms with Gasteiger partial charge in [0.1, 0.15) is 0 Å². The summed E-state index contributed by atoms with van der Waals surface area (Å²) in [5.41, 5.74) is 5.62. The van der Waals surface area contributed by atoms with Crippen molar-refractivity contribution in [2.75, 3.05) is 19.7 Å². The second-order valence-corrected chi connectivity index (χ2v) is 4.37. The Morgan fingerprint density at radius 3 is 2.60 bits per heavy atom. The topological polar surface area (TPSA) is 95.6 Å². The summed E-state index contributed by atoms with van der Waals surface area (Å²) in [5, 5.41) is 20.2. The summed E-state index contributed by atoms with van der Waals surface area (Å²) >= 11 is 0. The molecule has 1 atom stereocenters. The lowest BCUT2D eigenvalue weighted by atomic mass is 9.66. The summed E-state index contributed by atoms with van der Waals surface area (Å²) in [7, 11) is 0. The average molecular weight is 216 g/mol. The third-order valence-corrected chi connectivity index (χ3v) is 3.13. The van der Waals surface area contributed by atoms with E-state index in [1.807, 2.05) is 0 Å². The zero-order valence-corrected chi connectivity index (χ0v) is 8.91. The molecular weight excluding hydrogens is 196 g/mol. The number of carbonyl (C=O) groups is 1. The molecule has 5 heteroatoms. The summed E-state index contributed by atoms with van der Waals surface area (Å²) in [6.45, 7) is 0.321. The van der Waals surface area contributed by atoms with Crippen LogP contribution in [0.3, 0.4) is 0 Å². The van der Waals surface area contributed by atoms with Crippen LogP contribution in [0.2, 0.25) is 0 Å². The first-order valence-electron chi connectivity index (χ1n) is 5.37. The highest BCUT2D eigenvalue weighted by molar-refractivity contribution is 5.76. The molecule has 88 valence electrons. The van der Waals surface area contributed by atoms with Crippen LogP contribution < -0.4 is 11.1 Å². The van der Waals surface area contributed by atoms with Gasteiger partial charge in [-0.3, -0.25) is 4.79 Å². The highest BCUT2D eigenvalue weighted by atomic mass is 16.3. The van der Waals surface area contributed by atoms with Crippen LogP contribution in [0.15, 0.2) is 0 Å². The largest absolute Gasteiger partial charge is 0.394 e. The summed E-state index contributed by atoms with van der Waals surface area (Å²) < 4.78 is 0. The van der Waals surface area contributed by atoms with Gasteiger partial charge in [0, 0.05) is 13.0 Å². The van der Waals surface area contributed by atoms with Crippen LogP contribution in [-0.4, -0.2) is 41.9 Å². The fraction of sp³-hybridized carbons (Fsp3) is 0.900. The lowest BCUT2D eigenvalue weighted by molar-refractivity contribution is -0.125. The predicted octanol–water partition coefficient (Wildman–Crippen LogP) is -1.03. The molecule has 1 fully saturated rings. The molecule has 1 rings (SSSR count). The smallest absolute Gasteiger partial charge is 0.220 e. The van der Waals surface area contributed by atoms with Crippen LogP contribution in [0.25, 0.3) is 0 Å². The Morgan fingerprint density at radius 2 is 2.20 bits per heavy atom. The fourth-order valence-electron chi connectivity index (χ4n) is 1.83. The number of hydrogen-bond donors (Lipinski definition) is 4. The molecule has 0 radical (unpaired) electrons. The van der Waals surface area contributed by atoms with Gasteiger partial charge >= 0.3 is 0 Å². The van der Waals surface area contributed by atoms with Crippen molar-refractivity contribution in [3.05, 3.63) is 0 Å². The number of carbonyl (C=O) groups excluding carboxylic acids is 1. The molecule has 1 aliphatic carbocycles. The molecule has 0 aromatic heterocycles. The zero-order valence-electron chi connectivity index (χ0n) is 8.91. The molecule has 1 amide bonds. The Bertz CT molecular complexity index is 211. The summed E-state index contributed by atoms with van der Waals surface area (Å²) in [4.78, 5) is 11.5. The first-order valence-corrected chi connectivity index (χ1v) is 5.37. The van der Waals surface area contributed by atoms with E-state index in [0.29, 0.717) is 13.0 Å². The highest BCUT2D eigenvalue weighted by Crippen LogP contribution is 2.42. The molecule has 0 saturated heterocycles. The molecule has 15 heavy (non-hydrogen) atoms. The van der Waals surface area contributed by atoms with E-state index in [-0.39, 0.29) is 24.5 Å². The number of aliphatic hydroxyl groups excluding tert-OH is 2. The van der Waals surface area contributed by atoms with E-state index in [4.69, 9.17) is 15.9 Å². The second-order valence-electron chi connectivity index (χ2n) is 4.37. The Morgan fingerprint density at radius 1 is 1.53 bits per heavy atom. The van der Waals surface area contributed by atoms with E-state index in [1.54, 1.807) is 0 Å². The van der Waals surface area contributed by atoms with Crippen molar-refractivity contribution in [3.63, 3.8) is 0 Å². The van der Waals surface area contributed by atoms with Gasteiger partial charge < -0.3 is 21.3 Å². The third kappa shape index (κ3) is 3.44. The van der Waals surface area contributed by atoms with Crippen LogP contribution in [-0.2, 0) is 4.79 Å². The minimum absolute atomic E-state index is 0.00570. The van der Waals surface area contributed by atoms with Gasteiger partial charge in [0.2, 0.25) is 5.91 Å². The molecule has 0 aromatic carbocycles. The summed E-state index contributed by atoms with van der Waals surface area (Å²) in [6, 6.07) is 0. The molecule has 5 nitrogen and oxygen atoms in total. The SMILES string of the molecule is NCC1(CC(=O)NCC(O)CO)CCC1. The maximum absolute atomic E-state index is 11.5. The lowest BCUT2D eigenvalue weighted by Crippen LogP contribution is -2.43. The van der Waals surface area contributed by atoms with Crippen LogP contribution in [0.5, 0.6) is 0 Å². The van der Waals surface area contributed by atoms with Gasteiger partial charge in [0.25, 0.3) is 0 Å². The Balaban J connectivity index is 2.23. The van der Waals surface area contributed by atoms with Crippen molar-refractivity contribution < 1.29 is 15.0 Å². The number of aliphatic hydroxyl groups is 2. The van der Waals surface area contributed by atoms with Crippen molar-refractivity contribution >= 4 is 5.91 Å². The summed E-state index contributed by atoms with van der Waals surface area (Å²) in [6.07, 6.45) is 2.73. The molecule has 0 aromatic rings. The molecule has 0 spiro atoms. The predicted molar refractivity (Wildman–Crippen MR) is 56.1 cm³/mol. The second kappa shape index (κ2) is 5.44. The van der Waals surface area contributed by atoms with Crippen LogP contribution in [0.4, 0.5) is 0 Å².